The van der Waals surface area contributed by atoms with Gasteiger partial charge in [0.25, 0.3) is 0 Å². The number of pyridine rings is 1. The molecule has 0 spiro atoms. The van der Waals surface area contributed by atoms with E-state index in [2.05, 4.69) is 28.1 Å². The van der Waals surface area contributed by atoms with Crippen LogP contribution in [0.1, 0.15) is 35.8 Å². The Hall–Kier alpha value is -2.07. The minimum Gasteiger partial charge on any atom is -0.388 e. The molecule has 1 N–H and O–H groups in total. The van der Waals surface area contributed by atoms with Gasteiger partial charge in [-0.2, -0.15) is 0 Å². The van der Waals surface area contributed by atoms with Crippen molar-refractivity contribution in [2.24, 2.45) is 0 Å². The van der Waals surface area contributed by atoms with E-state index in [9.17, 15) is 5.11 Å². The van der Waals surface area contributed by atoms with Crippen molar-refractivity contribution in [3.8, 4) is 0 Å². The topological polar surface area (TPSA) is 42.5 Å². The van der Waals surface area contributed by atoms with Crippen LogP contribution >= 0.6 is 0 Å². The second-order valence-corrected chi connectivity index (χ2v) is 5.52. The van der Waals surface area contributed by atoms with Crippen LogP contribution in [0.2, 0.25) is 0 Å². The van der Waals surface area contributed by atoms with Crippen LogP contribution in [0.4, 0.5) is 0 Å². The molecule has 0 saturated carbocycles. The van der Waals surface area contributed by atoms with Crippen LogP contribution in [-0.4, -0.2) is 19.1 Å². The van der Waals surface area contributed by atoms with Crippen molar-refractivity contribution in [3.63, 3.8) is 0 Å². The van der Waals surface area contributed by atoms with Crippen LogP contribution in [0.15, 0.2) is 43.0 Å². The number of rotatable bonds is 2. The SMILES string of the molecule is OC1CCCc2cn(Cc3cn4ccccc4n3)cc21. The van der Waals surface area contributed by atoms with Crippen molar-refractivity contribution < 1.29 is 5.11 Å². The van der Waals surface area contributed by atoms with Gasteiger partial charge in [0.05, 0.1) is 18.3 Å². The van der Waals surface area contributed by atoms with E-state index in [0.717, 1.165) is 42.7 Å². The summed E-state index contributed by atoms with van der Waals surface area (Å²) in [7, 11) is 0. The van der Waals surface area contributed by atoms with Crippen molar-refractivity contribution in [2.45, 2.75) is 31.9 Å². The third-order valence-electron chi connectivity index (χ3n) is 4.04. The lowest BCUT2D eigenvalue weighted by molar-refractivity contribution is 0.157. The van der Waals surface area contributed by atoms with Crippen molar-refractivity contribution in [1.29, 1.82) is 0 Å². The number of imidazole rings is 1. The average Bonchev–Trinajstić information content (AvgIpc) is 3.02. The maximum atomic E-state index is 10.0. The van der Waals surface area contributed by atoms with E-state index in [1.165, 1.54) is 5.56 Å². The van der Waals surface area contributed by atoms with E-state index in [0.29, 0.717) is 0 Å². The fraction of sp³-hybridized carbons (Fsp3) is 0.312. The minimum absolute atomic E-state index is 0.291. The number of hydrogen-bond acceptors (Lipinski definition) is 2. The van der Waals surface area contributed by atoms with Crippen molar-refractivity contribution in [2.75, 3.05) is 0 Å². The smallest absolute Gasteiger partial charge is 0.137 e. The third-order valence-corrected chi connectivity index (χ3v) is 4.04. The molecule has 0 saturated heterocycles. The van der Waals surface area contributed by atoms with Gasteiger partial charge in [0, 0.05) is 30.4 Å². The summed E-state index contributed by atoms with van der Waals surface area (Å²) in [6.07, 6.45) is 11.0. The number of aliphatic hydroxyl groups is 1. The van der Waals surface area contributed by atoms with Crippen LogP contribution in [0.5, 0.6) is 0 Å². The van der Waals surface area contributed by atoms with Crippen molar-refractivity contribution in [1.82, 2.24) is 14.0 Å². The number of fused-ring (bicyclic) bond motifs is 2. The van der Waals surface area contributed by atoms with Gasteiger partial charge < -0.3 is 14.1 Å². The first kappa shape index (κ1) is 11.7. The molecule has 1 aliphatic rings. The van der Waals surface area contributed by atoms with Crippen LogP contribution in [0.3, 0.4) is 0 Å². The van der Waals surface area contributed by atoms with Gasteiger partial charge in [0.2, 0.25) is 0 Å². The molecule has 0 aromatic carbocycles. The summed E-state index contributed by atoms with van der Waals surface area (Å²) in [4.78, 5) is 4.61. The van der Waals surface area contributed by atoms with Gasteiger partial charge in [0.1, 0.15) is 5.65 Å². The Balaban J connectivity index is 1.65. The van der Waals surface area contributed by atoms with E-state index < -0.39 is 0 Å². The molecule has 3 aromatic heterocycles. The molecule has 20 heavy (non-hydrogen) atoms. The fourth-order valence-corrected chi connectivity index (χ4v) is 3.07. The maximum absolute atomic E-state index is 10.0. The number of aromatic nitrogens is 3. The molecule has 0 radical (unpaired) electrons. The first-order valence-electron chi connectivity index (χ1n) is 7.09. The monoisotopic (exact) mass is 267 g/mol. The Morgan fingerprint density at radius 3 is 3.05 bits per heavy atom. The standard InChI is InChI=1S/C16H17N3O/c20-15-5-3-4-12-8-18(11-14(12)15)9-13-10-19-7-2-1-6-16(19)17-13/h1-2,6-8,10-11,15,20H,3-5,9H2. The maximum Gasteiger partial charge on any atom is 0.137 e. The van der Waals surface area contributed by atoms with Gasteiger partial charge in [-0.05, 0) is 37.0 Å². The molecule has 3 heterocycles. The van der Waals surface area contributed by atoms with E-state index in [1.54, 1.807) is 0 Å². The highest BCUT2D eigenvalue weighted by atomic mass is 16.3. The summed E-state index contributed by atoms with van der Waals surface area (Å²) in [5.41, 5.74) is 4.39. The minimum atomic E-state index is -0.291. The summed E-state index contributed by atoms with van der Waals surface area (Å²) in [6, 6.07) is 6.01. The largest absolute Gasteiger partial charge is 0.388 e. The summed E-state index contributed by atoms with van der Waals surface area (Å²) in [5.74, 6) is 0. The van der Waals surface area contributed by atoms with Crippen molar-refractivity contribution >= 4 is 5.65 Å². The number of aliphatic hydroxyl groups excluding tert-OH is 1. The van der Waals surface area contributed by atoms with Gasteiger partial charge in [-0.3, -0.25) is 0 Å². The van der Waals surface area contributed by atoms with Gasteiger partial charge >= 0.3 is 0 Å². The van der Waals surface area contributed by atoms with E-state index in [4.69, 9.17) is 0 Å². The molecule has 4 nitrogen and oxygen atoms in total. The molecular weight excluding hydrogens is 250 g/mol. The molecule has 4 heteroatoms. The molecule has 3 aromatic rings. The zero-order chi connectivity index (χ0) is 13.5. The molecule has 0 bridgehead atoms. The summed E-state index contributed by atoms with van der Waals surface area (Å²) in [6.45, 7) is 0.751. The Morgan fingerprint density at radius 2 is 2.20 bits per heavy atom. The second kappa shape index (κ2) is 4.49. The van der Waals surface area contributed by atoms with Gasteiger partial charge in [-0.25, -0.2) is 4.98 Å². The Bertz CT molecular complexity index is 723. The van der Waals surface area contributed by atoms with Crippen LogP contribution < -0.4 is 0 Å². The zero-order valence-corrected chi connectivity index (χ0v) is 11.2. The zero-order valence-electron chi connectivity index (χ0n) is 11.2. The first-order chi connectivity index (χ1) is 9.79. The molecule has 0 aliphatic heterocycles. The van der Waals surface area contributed by atoms with Gasteiger partial charge in [-0.1, -0.05) is 6.07 Å². The van der Waals surface area contributed by atoms with Crippen LogP contribution in [0.25, 0.3) is 5.65 Å². The molecule has 1 atom stereocenters. The summed E-state index contributed by atoms with van der Waals surface area (Å²) >= 11 is 0. The highest BCUT2D eigenvalue weighted by Crippen LogP contribution is 2.30. The van der Waals surface area contributed by atoms with E-state index in [-0.39, 0.29) is 6.10 Å². The highest BCUT2D eigenvalue weighted by Gasteiger charge is 2.19. The van der Waals surface area contributed by atoms with Gasteiger partial charge in [0.15, 0.2) is 0 Å². The quantitative estimate of drug-likeness (QED) is 0.775. The normalized spacial score (nSPS) is 18.4. The van der Waals surface area contributed by atoms with E-state index in [1.807, 2.05) is 28.8 Å². The van der Waals surface area contributed by atoms with Crippen LogP contribution in [0, 0.1) is 0 Å². The lowest BCUT2D eigenvalue weighted by atomic mass is 9.93. The molecule has 102 valence electrons. The lowest BCUT2D eigenvalue weighted by Crippen LogP contribution is -2.05. The molecule has 1 aliphatic carbocycles. The van der Waals surface area contributed by atoms with Crippen molar-refractivity contribution in [3.05, 3.63) is 59.8 Å². The summed E-state index contributed by atoms with van der Waals surface area (Å²) < 4.78 is 4.18. The van der Waals surface area contributed by atoms with Gasteiger partial charge in [-0.15, -0.1) is 0 Å². The first-order valence-corrected chi connectivity index (χ1v) is 7.09. The van der Waals surface area contributed by atoms with Crippen LogP contribution in [-0.2, 0) is 13.0 Å². The molecule has 4 rings (SSSR count). The summed E-state index contributed by atoms with van der Waals surface area (Å²) in [5, 5.41) is 10.0. The number of nitrogens with zero attached hydrogens (tertiary/aromatic N) is 3. The average molecular weight is 267 g/mol. The number of aryl methyl sites for hydroxylation is 1. The Labute approximate surface area is 117 Å². The molecule has 0 amide bonds. The molecule has 1 unspecified atom stereocenters. The molecular formula is C16H17N3O. The number of hydrogen-bond donors (Lipinski definition) is 1. The van der Waals surface area contributed by atoms with E-state index >= 15 is 0 Å². The lowest BCUT2D eigenvalue weighted by Gasteiger charge is -2.16. The highest BCUT2D eigenvalue weighted by molar-refractivity contribution is 5.39. The fourth-order valence-electron chi connectivity index (χ4n) is 3.07. The predicted octanol–water partition coefficient (Wildman–Crippen LogP) is 2.55. The molecule has 0 fully saturated rings. The third kappa shape index (κ3) is 1.93. The Morgan fingerprint density at radius 1 is 1.25 bits per heavy atom. The predicted molar refractivity (Wildman–Crippen MR) is 76.6 cm³/mol. The Kier molecular flexibility index (Phi) is 2.63. The second-order valence-electron chi connectivity index (χ2n) is 5.52.